The van der Waals surface area contributed by atoms with Crippen LogP contribution in [0.5, 0.6) is 5.75 Å². The molecular formula is C17H16ClNO3. The predicted octanol–water partition coefficient (Wildman–Crippen LogP) is 4.17. The Labute approximate surface area is 134 Å². The van der Waals surface area contributed by atoms with Crippen LogP contribution in [0.4, 0.5) is 5.69 Å². The Morgan fingerprint density at radius 3 is 2.68 bits per heavy atom. The summed E-state index contributed by atoms with van der Waals surface area (Å²) in [5.74, 6) is -0.704. The first-order chi connectivity index (χ1) is 10.5. The van der Waals surface area contributed by atoms with Crippen LogP contribution in [0, 0.1) is 13.8 Å². The molecule has 0 heterocycles. The zero-order valence-electron chi connectivity index (χ0n) is 12.3. The number of carboxylic acid groups (broad SMARTS) is 1. The maximum Gasteiger partial charge on any atom is 0.341 e. The predicted molar refractivity (Wildman–Crippen MR) is 87.8 cm³/mol. The van der Waals surface area contributed by atoms with E-state index in [0.29, 0.717) is 10.8 Å². The SMILES string of the molecule is Cc1ccc(N=Cc2ccc(OCC(=O)O)c(Cl)c2)c(C)c1. The molecule has 0 radical (unpaired) electrons. The number of carbonyl (C=O) groups is 1. The number of nitrogens with zero attached hydrogens (tertiary/aromatic N) is 1. The maximum atomic E-state index is 10.5. The van der Waals surface area contributed by atoms with Gasteiger partial charge in [-0.25, -0.2) is 4.79 Å². The number of aryl methyl sites for hydroxylation is 2. The average molecular weight is 318 g/mol. The zero-order chi connectivity index (χ0) is 16.1. The lowest BCUT2D eigenvalue weighted by atomic mass is 10.1. The Balaban J connectivity index is 2.14. The summed E-state index contributed by atoms with van der Waals surface area (Å²) in [6.07, 6.45) is 1.71. The van der Waals surface area contributed by atoms with Crippen LogP contribution < -0.4 is 4.74 Å². The third-order valence-corrected chi connectivity index (χ3v) is 3.31. The van der Waals surface area contributed by atoms with Crippen molar-refractivity contribution in [3.63, 3.8) is 0 Å². The van der Waals surface area contributed by atoms with Crippen molar-refractivity contribution in [1.29, 1.82) is 0 Å². The molecule has 0 aromatic heterocycles. The summed E-state index contributed by atoms with van der Waals surface area (Å²) in [5.41, 5.74) is 4.00. The Morgan fingerprint density at radius 2 is 2.05 bits per heavy atom. The van der Waals surface area contributed by atoms with Gasteiger partial charge in [-0.15, -0.1) is 0 Å². The van der Waals surface area contributed by atoms with E-state index in [2.05, 4.69) is 11.1 Å². The Hall–Kier alpha value is -2.33. The fraction of sp³-hybridized carbons (Fsp3) is 0.176. The van der Waals surface area contributed by atoms with Gasteiger partial charge in [-0.05, 0) is 49.2 Å². The van der Waals surface area contributed by atoms with Crippen molar-refractivity contribution in [2.75, 3.05) is 6.61 Å². The van der Waals surface area contributed by atoms with Gasteiger partial charge in [0.1, 0.15) is 5.75 Å². The smallest absolute Gasteiger partial charge is 0.341 e. The molecule has 0 bridgehead atoms. The summed E-state index contributed by atoms with van der Waals surface area (Å²) in [4.78, 5) is 14.9. The first kappa shape index (κ1) is 16.0. The summed E-state index contributed by atoms with van der Waals surface area (Å²) in [5, 5.41) is 8.94. The molecule has 1 N–H and O–H groups in total. The van der Waals surface area contributed by atoms with Gasteiger partial charge >= 0.3 is 5.97 Å². The standard InChI is InChI=1S/C17H16ClNO3/c1-11-3-5-15(12(2)7-11)19-9-13-4-6-16(14(18)8-13)22-10-17(20)21/h3-9H,10H2,1-2H3,(H,20,21). The van der Waals surface area contributed by atoms with E-state index < -0.39 is 12.6 Å². The summed E-state index contributed by atoms with van der Waals surface area (Å²) >= 11 is 6.07. The van der Waals surface area contributed by atoms with Gasteiger partial charge in [0.15, 0.2) is 6.61 Å². The molecular weight excluding hydrogens is 302 g/mol. The van der Waals surface area contributed by atoms with Crippen LogP contribution in [0.3, 0.4) is 0 Å². The highest BCUT2D eigenvalue weighted by Crippen LogP contribution is 2.25. The van der Waals surface area contributed by atoms with E-state index in [1.807, 2.05) is 26.0 Å². The normalized spacial score (nSPS) is 10.9. The van der Waals surface area contributed by atoms with Crippen molar-refractivity contribution in [2.24, 2.45) is 4.99 Å². The fourth-order valence-corrected chi connectivity index (χ4v) is 2.19. The molecule has 0 saturated heterocycles. The van der Waals surface area contributed by atoms with E-state index in [-0.39, 0.29) is 0 Å². The first-order valence-corrected chi connectivity index (χ1v) is 7.09. The number of ether oxygens (including phenoxy) is 1. The van der Waals surface area contributed by atoms with Crippen LogP contribution in [0.25, 0.3) is 0 Å². The molecule has 0 amide bonds. The van der Waals surface area contributed by atoms with E-state index in [1.54, 1.807) is 24.4 Å². The van der Waals surface area contributed by atoms with Gasteiger partial charge in [-0.2, -0.15) is 0 Å². The molecule has 2 rings (SSSR count). The third-order valence-electron chi connectivity index (χ3n) is 3.01. The van der Waals surface area contributed by atoms with Crippen molar-refractivity contribution >= 4 is 29.5 Å². The number of hydrogen-bond acceptors (Lipinski definition) is 3. The van der Waals surface area contributed by atoms with Gasteiger partial charge in [0, 0.05) is 6.21 Å². The summed E-state index contributed by atoms with van der Waals surface area (Å²) in [7, 11) is 0. The number of aliphatic imine (C=N–C) groups is 1. The molecule has 0 spiro atoms. The Bertz CT molecular complexity index is 726. The molecule has 114 valence electrons. The highest BCUT2D eigenvalue weighted by molar-refractivity contribution is 6.32. The number of aliphatic carboxylic acids is 1. The topological polar surface area (TPSA) is 58.9 Å². The number of hydrogen-bond donors (Lipinski definition) is 1. The summed E-state index contributed by atoms with van der Waals surface area (Å²) < 4.78 is 5.07. The van der Waals surface area contributed by atoms with E-state index in [0.717, 1.165) is 16.8 Å². The van der Waals surface area contributed by atoms with Gasteiger partial charge < -0.3 is 9.84 Å². The van der Waals surface area contributed by atoms with Crippen LogP contribution in [-0.4, -0.2) is 23.9 Å². The number of halogens is 1. The maximum absolute atomic E-state index is 10.5. The summed E-state index contributed by atoms with van der Waals surface area (Å²) in [6, 6.07) is 11.1. The minimum Gasteiger partial charge on any atom is -0.480 e. The van der Waals surface area contributed by atoms with Crippen molar-refractivity contribution < 1.29 is 14.6 Å². The molecule has 2 aromatic carbocycles. The monoisotopic (exact) mass is 317 g/mol. The van der Waals surface area contributed by atoms with Gasteiger partial charge in [-0.3, -0.25) is 4.99 Å². The quantitative estimate of drug-likeness (QED) is 0.842. The van der Waals surface area contributed by atoms with Crippen LogP contribution in [-0.2, 0) is 4.79 Å². The molecule has 0 fully saturated rings. The molecule has 0 unspecified atom stereocenters. The molecule has 22 heavy (non-hydrogen) atoms. The van der Waals surface area contributed by atoms with Crippen molar-refractivity contribution in [2.45, 2.75) is 13.8 Å². The molecule has 0 aliphatic heterocycles. The molecule has 0 aliphatic carbocycles. The Morgan fingerprint density at radius 1 is 1.27 bits per heavy atom. The van der Waals surface area contributed by atoms with Crippen LogP contribution >= 0.6 is 11.6 Å². The minimum absolute atomic E-state index is 0.340. The number of rotatable bonds is 5. The van der Waals surface area contributed by atoms with Crippen LogP contribution in [0.1, 0.15) is 16.7 Å². The van der Waals surface area contributed by atoms with E-state index in [4.69, 9.17) is 21.4 Å². The average Bonchev–Trinajstić information content (AvgIpc) is 2.45. The van der Waals surface area contributed by atoms with Crippen molar-refractivity contribution in [3.05, 3.63) is 58.1 Å². The van der Waals surface area contributed by atoms with E-state index in [9.17, 15) is 4.79 Å². The van der Waals surface area contributed by atoms with Crippen molar-refractivity contribution in [3.8, 4) is 5.75 Å². The van der Waals surface area contributed by atoms with Crippen LogP contribution in [0.15, 0.2) is 41.4 Å². The van der Waals surface area contributed by atoms with Crippen LogP contribution in [0.2, 0.25) is 5.02 Å². The van der Waals surface area contributed by atoms with Crippen molar-refractivity contribution in [1.82, 2.24) is 0 Å². The van der Waals surface area contributed by atoms with Gasteiger partial charge in [0.25, 0.3) is 0 Å². The molecule has 4 nitrogen and oxygen atoms in total. The lowest BCUT2D eigenvalue weighted by molar-refractivity contribution is -0.139. The molecule has 2 aromatic rings. The highest BCUT2D eigenvalue weighted by atomic mass is 35.5. The Kier molecular flexibility index (Phi) is 5.17. The lowest BCUT2D eigenvalue weighted by Gasteiger charge is -2.06. The molecule has 0 saturated carbocycles. The zero-order valence-corrected chi connectivity index (χ0v) is 13.1. The van der Waals surface area contributed by atoms with Gasteiger partial charge in [0.2, 0.25) is 0 Å². The van der Waals surface area contributed by atoms with Gasteiger partial charge in [0.05, 0.1) is 10.7 Å². The largest absolute Gasteiger partial charge is 0.480 e. The highest BCUT2D eigenvalue weighted by Gasteiger charge is 2.05. The number of benzene rings is 2. The lowest BCUT2D eigenvalue weighted by Crippen LogP contribution is -2.09. The fourth-order valence-electron chi connectivity index (χ4n) is 1.95. The second kappa shape index (κ2) is 7.09. The minimum atomic E-state index is -1.04. The van der Waals surface area contributed by atoms with E-state index >= 15 is 0 Å². The third kappa shape index (κ3) is 4.33. The second-order valence-corrected chi connectivity index (χ2v) is 5.33. The van der Waals surface area contributed by atoms with Gasteiger partial charge in [-0.1, -0.05) is 29.3 Å². The molecule has 0 atom stereocenters. The number of carboxylic acids is 1. The first-order valence-electron chi connectivity index (χ1n) is 6.71. The summed E-state index contributed by atoms with van der Waals surface area (Å²) in [6.45, 7) is 3.63. The molecule has 0 aliphatic rings. The second-order valence-electron chi connectivity index (χ2n) is 4.92. The molecule has 5 heteroatoms. The van der Waals surface area contributed by atoms with E-state index in [1.165, 1.54) is 5.56 Å².